The monoisotopic (exact) mass is 349 g/mol. The van der Waals surface area contributed by atoms with Crippen LogP contribution in [-0.4, -0.2) is 36.9 Å². The summed E-state index contributed by atoms with van der Waals surface area (Å²) in [4.78, 5) is 23.9. The van der Waals surface area contributed by atoms with Crippen molar-refractivity contribution in [2.75, 3.05) is 13.2 Å². The first kappa shape index (κ1) is 20.7. The Bertz CT molecular complexity index is 551. The summed E-state index contributed by atoms with van der Waals surface area (Å²) < 4.78 is 15.8. The lowest BCUT2D eigenvalue weighted by atomic mass is 10.2. The molecular formula is C19H27NO5. The molecule has 0 fully saturated rings. The van der Waals surface area contributed by atoms with Crippen molar-refractivity contribution in [1.82, 2.24) is 5.32 Å². The van der Waals surface area contributed by atoms with Crippen molar-refractivity contribution >= 4 is 12.1 Å². The molecule has 0 aliphatic carbocycles. The van der Waals surface area contributed by atoms with Gasteiger partial charge in [-0.15, -0.1) is 6.58 Å². The fourth-order valence-electron chi connectivity index (χ4n) is 1.96. The molecule has 1 unspecified atom stereocenters. The summed E-state index contributed by atoms with van der Waals surface area (Å²) in [7, 11) is 0. The van der Waals surface area contributed by atoms with E-state index < -0.39 is 23.7 Å². The average molecular weight is 349 g/mol. The Morgan fingerprint density at radius 2 is 1.92 bits per heavy atom. The van der Waals surface area contributed by atoms with E-state index in [1.807, 2.05) is 30.3 Å². The van der Waals surface area contributed by atoms with E-state index in [9.17, 15) is 9.59 Å². The lowest BCUT2D eigenvalue weighted by Gasteiger charge is -2.22. The van der Waals surface area contributed by atoms with Gasteiger partial charge in [-0.3, -0.25) is 4.79 Å². The molecule has 0 saturated heterocycles. The molecule has 0 heterocycles. The molecular weight excluding hydrogens is 322 g/mol. The standard InChI is InChI=1S/C19H27NO5/c1-5-11-23-14-16(12-17(21)25-19(2,3)4)20-18(22)24-13-15-9-7-6-8-10-15/h5-10,16H,1,11-14H2,2-4H3,(H,20,22). The van der Waals surface area contributed by atoms with Gasteiger partial charge < -0.3 is 19.5 Å². The van der Waals surface area contributed by atoms with Gasteiger partial charge in [-0.1, -0.05) is 36.4 Å². The van der Waals surface area contributed by atoms with Crippen molar-refractivity contribution in [1.29, 1.82) is 0 Å². The van der Waals surface area contributed by atoms with Crippen LogP contribution in [0, 0.1) is 0 Å². The van der Waals surface area contributed by atoms with E-state index >= 15 is 0 Å². The highest BCUT2D eigenvalue weighted by Gasteiger charge is 2.22. The minimum Gasteiger partial charge on any atom is -0.460 e. The van der Waals surface area contributed by atoms with Crippen LogP contribution in [0.3, 0.4) is 0 Å². The third-order valence-electron chi connectivity index (χ3n) is 2.92. The third kappa shape index (κ3) is 10.2. The molecule has 0 aliphatic rings. The molecule has 25 heavy (non-hydrogen) atoms. The number of hydrogen-bond acceptors (Lipinski definition) is 5. The van der Waals surface area contributed by atoms with E-state index in [-0.39, 0.29) is 19.6 Å². The van der Waals surface area contributed by atoms with Gasteiger partial charge in [0.25, 0.3) is 0 Å². The van der Waals surface area contributed by atoms with E-state index in [0.717, 1.165) is 5.56 Å². The summed E-state index contributed by atoms with van der Waals surface area (Å²) in [6.45, 7) is 9.56. The Labute approximate surface area is 149 Å². The maximum Gasteiger partial charge on any atom is 0.407 e. The highest BCUT2D eigenvalue weighted by molar-refractivity contribution is 5.73. The zero-order valence-electron chi connectivity index (χ0n) is 15.1. The molecule has 0 aliphatic heterocycles. The summed E-state index contributed by atoms with van der Waals surface area (Å²) >= 11 is 0. The number of carbonyl (C=O) groups excluding carboxylic acids is 2. The van der Waals surface area contributed by atoms with Crippen LogP contribution in [0.2, 0.25) is 0 Å². The van der Waals surface area contributed by atoms with Gasteiger partial charge in [0.2, 0.25) is 0 Å². The van der Waals surface area contributed by atoms with Gasteiger partial charge in [0.15, 0.2) is 0 Å². The molecule has 0 radical (unpaired) electrons. The van der Waals surface area contributed by atoms with Crippen molar-refractivity contribution in [2.24, 2.45) is 0 Å². The molecule has 6 nitrogen and oxygen atoms in total. The van der Waals surface area contributed by atoms with E-state index in [1.54, 1.807) is 26.8 Å². The van der Waals surface area contributed by atoms with Crippen LogP contribution in [0.4, 0.5) is 4.79 Å². The minimum atomic E-state index is -0.611. The largest absolute Gasteiger partial charge is 0.460 e. The molecule has 138 valence electrons. The molecule has 1 aromatic rings. The van der Waals surface area contributed by atoms with Gasteiger partial charge in [0, 0.05) is 0 Å². The quantitative estimate of drug-likeness (QED) is 0.421. The number of esters is 1. The maximum atomic E-state index is 12.0. The summed E-state index contributed by atoms with van der Waals surface area (Å²) in [5, 5.41) is 2.64. The van der Waals surface area contributed by atoms with Gasteiger partial charge in [0.05, 0.1) is 25.7 Å². The van der Waals surface area contributed by atoms with Gasteiger partial charge in [-0.05, 0) is 26.3 Å². The van der Waals surface area contributed by atoms with Crippen LogP contribution in [0.1, 0.15) is 32.8 Å². The first-order valence-corrected chi connectivity index (χ1v) is 8.18. The number of hydrogen-bond donors (Lipinski definition) is 1. The van der Waals surface area contributed by atoms with Gasteiger partial charge in [-0.25, -0.2) is 4.79 Å². The highest BCUT2D eigenvalue weighted by atomic mass is 16.6. The van der Waals surface area contributed by atoms with E-state index in [0.29, 0.717) is 6.61 Å². The van der Waals surface area contributed by atoms with Crippen molar-refractivity contribution in [3.8, 4) is 0 Å². The molecule has 0 spiro atoms. The van der Waals surface area contributed by atoms with Gasteiger partial charge >= 0.3 is 12.1 Å². The summed E-state index contributed by atoms with van der Waals surface area (Å²) in [5.41, 5.74) is 0.293. The SMILES string of the molecule is C=CCOCC(CC(=O)OC(C)(C)C)NC(=O)OCc1ccccc1. The number of benzene rings is 1. The average Bonchev–Trinajstić information content (AvgIpc) is 2.52. The second-order valence-electron chi connectivity index (χ2n) is 6.52. The Morgan fingerprint density at radius 1 is 1.24 bits per heavy atom. The molecule has 0 aromatic heterocycles. The Morgan fingerprint density at radius 3 is 2.52 bits per heavy atom. The lowest BCUT2D eigenvalue weighted by Crippen LogP contribution is -2.41. The number of alkyl carbamates (subject to hydrolysis) is 1. The highest BCUT2D eigenvalue weighted by Crippen LogP contribution is 2.10. The van der Waals surface area contributed by atoms with Crippen LogP contribution in [0.15, 0.2) is 43.0 Å². The molecule has 1 rings (SSSR count). The number of ether oxygens (including phenoxy) is 3. The Balaban J connectivity index is 2.51. The predicted octanol–water partition coefficient (Wildman–Crippen LogP) is 3.22. The van der Waals surface area contributed by atoms with Crippen LogP contribution < -0.4 is 5.32 Å². The molecule has 0 bridgehead atoms. The molecule has 1 N–H and O–H groups in total. The molecule has 6 heteroatoms. The Hall–Kier alpha value is -2.34. The lowest BCUT2D eigenvalue weighted by molar-refractivity contribution is -0.155. The van der Waals surface area contributed by atoms with E-state index in [2.05, 4.69) is 11.9 Å². The molecule has 1 amide bonds. The van der Waals surface area contributed by atoms with Crippen molar-refractivity contribution < 1.29 is 23.8 Å². The van der Waals surface area contributed by atoms with Crippen LogP contribution in [-0.2, 0) is 25.6 Å². The van der Waals surface area contributed by atoms with Crippen molar-refractivity contribution in [2.45, 2.75) is 45.4 Å². The first-order chi connectivity index (χ1) is 11.8. The zero-order valence-corrected chi connectivity index (χ0v) is 15.1. The number of carbonyl (C=O) groups is 2. The van der Waals surface area contributed by atoms with Crippen LogP contribution in [0.25, 0.3) is 0 Å². The number of amides is 1. The normalized spacial score (nSPS) is 12.1. The summed E-state index contributed by atoms with van der Waals surface area (Å²) in [6.07, 6.45) is 0.979. The van der Waals surface area contributed by atoms with E-state index in [1.165, 1.54) is 0 Å². The van der Waals surface area contributed by atoms with Crippen molar-refractivity contribution in [3.63, 3.8) is 0 Å². The number of nitrogens with one attached hydrogen (secondary N) is 1. The second kappa shape index (κ2) is 10.5. The van der Waals surface area contributed by atoms with E-state index in [4.69, 9.17) is 14.2 Å². The minimum absolute atomic E-state index is 0.00511. The first-order valence-electron chi connectivity index (χ1n) is 8.18. The fraction of sp³-hybridized carbons (Fsp3) is 0.474. The van der Waals surface area contributed by atoms with Crippen LogP contribution >= 0.6 is 0 Å². The predicted molar refractivity (Wildman–Crippen MR) is 95.0 cm³/mol. The number of rotatable bonds is 9. The van der Waals surface area contributed by atoms with Crippen molar-refractivity contribution in [3.05, 3.63) is 48.6 Å². The summed E-state index contributed by atoms with van der Waals surface area (Å²) in [5.74, 6) is -0.414. The van der Waals surface area contributed by atoms with Crippen LogP contribution in [0.5, 0.6) is 0 Å². The summed E-state index contributed by atoms with van der Waals surface area (Å²) in [6, 6.07) is 8.79. The molecule has 1 atom stereocenters. The molecule has 0 saturated carbocycles. The Kier molecular flexibility index (Phi) is 8.70. The molecule has 1 aromatic carbocycles. The smallest absolute Gasteiger partial charge is 0.407 e. The van der Waals surface area contributed by atoms with Gasteiger partial charge in [0.1, 0.15) is 12.2 Å². The fourth-order valence-corrected chi connectivity index (χ4v) is 1.96. The zero-order chi connectivity index (χ0) is 18.7. The van der Waals surface area contributed by atoms with Gasteiger partial charge in [-0.2, -0.15) is 0 Å². The topological polar surface area (TPSA) is 73.9 Å². The maximum absolute atomic E-state index is 12.0. The second-order valence-corrected chi connectivity index (χ2v) is 6.52. The third-order valence-corrected chi connectivity index (χ3v) is 2.92.